The zero-order valence-electron chi connectivity index (χ0n) is 14.4. The third-order valence-corrected chi connectivity index (χ3v) is 4.62. The van der Waals surface area contributed by atoms with Gasteiger partial charge in [-0.15, -0.1) is 10.2 Å². The zero-order valence-corrected chi connectivity index (χ0v) is 15.3. The van der Waals surface area contributed by atoms with Gasteiger partial charge < -0.3 is 10.6 Å². The molecule has 0 bridgehead atoms. The molecule has 7 heteroatoms. The van der Waals surface area contributed by atoms with Crippen LogP contribution in [0, 0.1) is 13.8 Å². The number of benzene rings is 2. The van der Waals surface area contributed by atoms with Crippen molar-refractivity contribution < 1.29 is 9.59 Å². The molecule has 3 rings (SSSR count). The quantitative estimate of drug-likeness (QED) is 0.725. The number of rotatable bonds is 5. The molecule has 1 aromatic heterocycles. The summed E-state index contributed by atoms with van der Waals surface area (Å²) in [5.74, 6) is -0.735. The van der Waals surface area contributed by atoms with E-state index in [9.17, 15) is 9.59 Å². The van der Waals surface area contributed by atoms with Gasteiger partial charge >= 0.3 is 0 Å². The van der Waals surface area contributed by atoms with Crippen molar-refractivity contribution in [3.63, 3.8) is 0 Å². The molecule has 0 aliphatic rings. The summed E-state index contributed by atoms with van der Waals surface area (Å²) in [6.45, 7) is 4.37. The third kappa shape index (κ3) is 4.52. The molecule has 1 heterocycles. The van der Waals surface area contributed by atoms with Crippen molar-refractivity contribution in [2.45, 2.75) is 20.4 Å². The van der Waals surface area contributed by atoms with E-state index in [1.54, 1.807) is 0 Å². The first kappa shape index (κ1) is 17.8. The summed E-state index contributed by atoms with van der Waals surface area (Å²) in [6, 6.07) is 15.3. The molecule has 0 fully saturated rings. The average molecular weight is 366 g/mol. The second-order valence-corrected chi connectivity index (χ2v) is 6.88. The molecule has 0 radical (unpaired) electrons. The average Bonchev–Trinajstić information content (AvgIpc) is 3.13. The Morgan fingerprint density at radius 1 is 0.846 bits per heavy atom. The lowest BCUT2D eigenvalue weighted by atomic mass is 10.1. The Hall–Kier alpha value is -3.06. The second-order valence-electron chi connectivity index (χ2n) is 5.90. The molecule has 0 aliphatic heterocycles. The van der Waals surface area contributed by atoms with Crippen LogP contribution in [0.2, 0.25) is 0 Å². The first-order chi connectivity index (χ1) is 12.5. The Kier molecular flexibility index (Phi) is 5.38. The maximum atomic E-state index is 12.2. The van der Waals surface area contributed by atoms with E-state index in [0.717, 1.165) is 28.0 Å². The minimum atomic E-state index is -0.385. The van der Waals surface area contributed by atoms with Gasteiger partial charge in [0, 0.05) is 12.2 Å². The Labute approximate surface area is 155 Å². The van der Waals surface area contributed by atoms with Crippen LogP contribution in [-0.2, 0) is 6.54 Å². The maximum absolute atomic E-state index is 12.2. The van der Waals surface area contributed by atoms with Gasteiger partial charge in [0.25, 0.3) is 11.8 Å². The summed E-state index contributed by atoms with van der Waals surface area (Å²) in [6.07, 6.45) is 0. The Morgan fingerprint density at radius 2 is 1.38 bits per heavy atom. The fourth-order valence-electron chi connectivity index (χ4n) is 2.19. The molecule has 0 unspecified atom stereocenters. The summed E-state index contributed by atoms with van der Waals surface area (Å²) in [7, 11) is 0. The molecule has 0 atom stereocenters. The van der Waals surface area contributed by atoms with Crippen LogP contribution in [0.1, 0.15) is 36.3 Å². The first-order valence-corrected chi connectivity index (χ1v) is 8.88. The number of nitrogens with one attached hydrogen (secondary N) is 2. The Balaban J connectivity index is 1.59. The van der Waals surface area contributed by atoms with Gasteiger partial charge in [-0.1, -0.05) is 58.9 Å². The van der Waals surface area contributed by atoms with Gasteiger partial charge in [0.15, 0.2) is 0 Å². The minimum Gasteiger partial charge on any atom is -0.346 e. The number of hydrogen-bond donors (Lipinski definition) is 2. The van der Waals surface area contributed by atoms with Crippen LogP contribution in [0.3, 0.4) is 0 Å². The van der Waals surface area contributed by atoms with Crippen molar-refractivity contribution in [1.82, 2.24) is 15.5 Å². The van der Waals surface area contributed by atoms with Crippen molar-refractivity contribution in [3.8, 4) is 0 Å². The Bertz CT molecular complexity index is 917. The fraction of sp³-hybridized carbons (Fsp3) is 0.158. The highest BCUT2D eigenvalue weighted by atomic mass is 32.1. The van der Waals surface area contributed by atoms with Crippen LogP contribution in [0.5, 0.6) is 0 Å². The van der Waals surface area contributed by atoms with E-state index in [4.69, 9.17) is 0 Å². The molecule has 0 aliphatic carbocycles. The summed E-state index contributed by atoms with van der Waals surface area (Å²) in [4.78, 5) is 24.4. The molecule has 0 saturated carbocycles. The predicted molar refractivity (Wildman–Crippen MR) is 101 cm³/mol. The van der Waals surface area contributed by atoms with E-state index in [2.05, 4.69) is 20.8 Å². The number of aromatic nitrogens is 2. The number of aryl methyl sites for hydroxylation is 2. The predicted octanol–water partition coefficient (Wildman–Crippen LogP) is 3.34. The van der Waals surface area contributed by atoms with Gasteiger partial charge in [0.1, 0.15) is 0 Å². The van der Waals surface area contributed by atoms with Gasteiger partial charge in [-0.05, 0) is 31.5 Å². The van der Waals surface area contributed by atoms with Crippen molar-refractivity contribution >= 4 is 28.8 Å². The second kappa shape index (κ2) is 7.88. The molecule has 26 heavy (non-hydrogen) atoms. The van der Waals surface area contributed by atoms with Crippen LogP contribution in [0.25, 0.3) is 0 Å². The van der Waals surface area contributed by atoms with Gasteiger partial charge in [-0.3, -0.25) is 9.59 Å². The van der Waals surface area contributed by atoms with E-state index >= 15 is 0 Å². The zero-order chi connectivity index (χ0) is 18.5. The normalized spacial score (nSPS) is 10.4. The van der Waals surface area contributed by atoms with Crippen LogP contribution in [-0.4, -0.2) is 22.0 Å². The van der Waals surface area contributed by atoms with Crippen LogP contribution in [0.15, 0.2) is 48.5 Å². The highest BCUT2D eigenvalue weighted by Crippen LogP contribution is 2.14. The smallest absolute Gasteiger partial charge is 0.286 e. The number of hydrogen-bond acceptors (Lipinski definition) is 5. The number of carbonyl (C=O) groups excluding carboxylic acids is 2. The van der Waals surface area contributed by atoms with Gasteiger partial charge in [0.2, 0.25) is 10.0 Å². The minimum absolute atomic E-state index is 0.145. The first-order valence-electron chi connectivity index (χ1n) is 8.06. The summed E-state index contributed by atoms with van der Waals surface area (Å²) in [5, 5.41) is 13.4. The van der Waals surface area contributed by atoms with Crippen molar-refractivity contribution in [3.05, 3.63) is 75.2 Å². The topological polar surface area (TPSA) is 84.0 Å². The SMILES string of the molecule is Cc1ccc(CNC(=O)c2nnc(C(=O)Nc3ccc(C)cc3)s2)cc1. The molecule has 2 amide bonds. The van der Waals surface area contributed by atoms with E-state index in [-0.39, 0.29) is 21.8 Å². The summed E-state index contributed by atoms with van der Waals surface area (Å²) < 4.78 is 0. The molecule has 3 aromatic rings. The molecule has 0 spiro atoms. The van der Waals surface area contributed by atoms with Gasteiger partial charge in [-0.25, -0.2) is 0 Å². The lowest BCUT2D eigenvalue weighted by Gasteiger charge is -2.03. The lowest BCUT2D eigenvalue weighted by Crippen LogP contribution is -2.22. The van der Waals surface area contributed by atoms with Crippen molar-refractivity contribution in [1.29, 1.82) is 0 Å². The molecule has 6 nitrogen and oxygen atoms in total. The molecule has 2 N–H and O–H groups in total. The van der Waals surface area contributed by atoms with Crippen LogP contribution < -0.4 is 10.6 Å². The molecular formula is C19H18N4O2S. The van der Waals surface area contributed by atoms with Crippen molar-refractivity contribution in [2.75, 3.05) is 5.32 Å². The summed E-state index contributed by atoms with van der Waals surface area (Å²) in [5.41, 5.74) is 3.92. The highest BCUT2D eigenvalue weighted by molar-refractivity contribution is 7.15. The fourth-order valence-corrected chi connectivity index (χ4v) is 2.85. The number of anilines is 1. The standard InChI is InChI=1S/C19H18N4O2S/c1-12-3-7-14(8-4-12)11-20-16(24)18-22-23-19(26-18)17(25)21-15-9-5-13(2)6-10-15/h3-10H,11H2,1-2H3,(H,20,24)(H,21,25). The lowest BCUT2D eigenvalue weighted by molar-refractivity contribution is 0.0948. The number of carbonyl (C=O) groups is 2. The number of amides is 2. The van der Waals surface area contributed by atoms with Gasteiger partial charge in [0.05, 0.1) is 0 Å². The molecule has 0 saturated heterocycles. The monoisotopic (exact) mass is 366 g/mol. The largest absolute Gasteiger partial charge is 0.346 e. The van der Waals surface area contributed by atoms with Gasteiger partial charge in [-0.2, -0.15) is 0 Å². The third-order valence-electron chi connectivity index (χ3n) is 3.70. The molecular weight excluding hydrogens is 348 g/mol. The van der Waals surface area contributed by atoms with Crippen LogP contribution in [0.4, 0.5) is 5.69 Å². The molecule has 2 aromatic carbocycles. The maximum Gasteiger partial charge on any atom is 0.286 e. The van der Waals surface area contributed by atoms with E-state index in [0.29, 0.717) is 12.2 Å². The van der Waals surface area contributed by atoms with Crippen molar-refractivity contribution in [2.24, 2.45) is 0 Å². The van der Waals surface area contributed by atoms with Crippen LogP contribution >= 0.6 is 11.3 Å². The summed E-state index contributed by atoms with van der Waals surface area (Å²) >= 11 is 0.963. The molecule has 132 valence electrons. The van der Waals surface area contributed by atoms with E-state index in [1.165, 1.54) is 0 Å². The van der Waals surface area contributed by atoms with E-state index < -0.39 is 0 Å². The Morgan fingerprint density at radius 3 is 2.00 bits per heavy atom. The van der Waals surface area contributed by atoms with E-state index in [1.807, 2.05) is 62.4 Å². The highest BCUT2D eigenvalue weighted by Gasteiger charge is 2.17. The number of nitrogens with zero attached hydrogens (tertiary/aromatic N) is 2.